The van der Waals surface area contributed by atoms with Crippen molar-refractivity contribution in [3.8, 4) is 0 Å². The van der Waals surface area contributed by atoms with Gasteiger partial charge in [0.1, 0.15) is 6.04 Å². The first-order chi connectivity index (χ1) is 7.91. The zero-order chi connectivity index (χ0) is 13.0. The van der Waals surface area contributed by atoms with Crippen molar-refractivity contribution in [3.05, 3.63) is 23.0 Å². The second kappa shape index (κ2) is 5.87. The first kappa shape index (κ1) is 13.8. The van der Waals surface area contributed by atoms with Gasteiger partial charge in [0.2, 0.25) is 0 Å². The molecule has 0 saturated carbocycles. The fraction of sp³-hybridized carbons (Fsp3) is 0.500. The van der Waals surface area contributed by atoms with Gasteiger partial charge in [0, 0.05) is 6.20 Å². The molecule has 1 rings (SSSR count). The molecule has 17 heavy (non-hydrogen) atoms. The number of hydrogen-bond donors (Lipinski definition) is 2. The standard InChI is InChI=1S/C12H17ClN2O2/c1-7(2)6-10(12(16)17)15-9-4-5-14-8(3)11(9)13/h4-5,7,10H,6H2,1-3H3,(H,14,15)(H,16,17)/t10-/m1/s1. The van der Waals surface area contributed by atoms with E-state index in [1.165, 1.54) is 0 Å². The zero-order valence-electron chi connectivity index (χ0n) is 10.2. The Labute approximate surface area is 106 Å². The Morgan fingerprint density at radius 1 is 1.59 bits per heavy atom. The van der Waals surface area contributed by atoms with Gasteiger partial charge in [-0.25, -0.2) is 4.79 Å². The first-order valence-electron chi connectivity index (χ1n) is 5.52. The van der Waals surface area contributed by atoms with Crippen LogP contribution < -0.4 is 5.32 Å². The smallest absolute Gasteiger partial charge is 0.326 e. The summed E-state index contributed by atoms with van der Waals surface area (Å²) in [5, 5.41) is 12.5. The van der Waals surface area contributed by atoms with Crippen LogP contribution in [-0.4, -0.2) is 22.1 Å². The van der Waals surface area contributed by atoms with Crippen molar-refractivity contribution in [2.75, 3.05) is 5.32 Å². The van der Waals surface area contributed by atoms with Crippen LogP contribution in [0.25, 0.3) is 0 Å². The minimum absolute atomic E-state index is 0.297. The third-order valence-corrected chi connectivity index (χ3v) is 2.88. The predicted molar refractivity (Wildman–Crippen MR) is 68.5 cm³/mol. The molecule has 0 spiro atoms. The lowest BCUT2D eigenvalue weighted by atomic mass is 10.0. The first-order valence-corrected chi connectivity index (χ1v) is 5.90. The number of nitrogens with zero attached hydrogens (tertiary/aromatic N) is 1. The third kappa shape index (κ3) is 3.89. The van der Waals surface area contributed by atoms with Crippen molar-refractivity contribution in [2.45, 2.75) is 33.2 Å². The highest BCUT2D eigenvalue weighted by Crippen LogP contribution is 2.25. The number of anilines is 1. The van der Waals surface area contributed by atoms with Gasteiger partial charge in [-0.2, -0.15) is 0 Å². The van der Waals surface area contributed by atoms with Gasteiger partial charge in [-0.15, -0.1) is 0 Å². The molecule has 0 aliphatic carbocycles. The highest BCUT2D eigenvalue weighted by molar-refractivity contribution is 6.33. The van der Waals surface area contributed by atoms with Crippen LogP contribution >= 0.6 is 11.6 Å². The maximum atomic E-state index is 11.1. The minimum Gasteiger partial charge on any atom is -0.480 e. The molecule has 0 amide bonds. The second-order valence-corrected chi connectivity index (χ2v) is 4.80. The minimum atomic E-state index is -0.871. The van der Waals surface area contributed by atoms with Gasteiger partial charge in [0.25, 0.3) is 0 Å². The highest BCUT2D eigenvalue weighted by atomic mass is 35.5. The van der Waals surface area contributed by atoms with Crippen molar-refractivity contribution in [1.82, 2.24) is 4.98 Å². The van der Waals surface area contributed by atoms with Gasteiger partial charge in [-0.05, 0) is 25.3 Å². The summed E-state index contributed by atoms with van der Waals surface area (Å²) in [5.41, 5.74) is 1.30. The molecule has 1 atom stereocenters. The summed E-state index contributed by atoms with van der Waals surface area (Å²) >= 11 is 6.06. The van der Waals surface area contributed by atoms with E-state index in [1.807, 2.05) is 13.8 Å². The van der Waals surface area contributed by atoms with Gasteiger partial charge in [-0.1, -0.05) is 25.4 Å². The molecule has 5 heteroatoms. The Morgan fingerprint density at radius 3 is 2.76 bits per heavy atom. The lowest BCUT2D eigenvalue weighted by molar-refractivity contribution is -0.138. The average molecular weight is 257 g/mol. The molecular formula is C12H17ClN2O2. The van der Waals surface area contributed by atoms with E-state index in [1.54, 1.807) is 19.2 Å². The lowest BCUT2D eigenvalue weighted by Gasteiger charge is -2.18. The van der Waals surface area contributed by atoms with Crippen LogP contribution in [0.5, 0.6) is 0 Å². The molecule has 0 saturated heterocycles. The number of hydrogen-bond acceptors (Lipinski definition) is 3. The Morgan fingerprint density at radius 2 is 2.24 bits per heavy atom. The van der Waals surface area contributed by atoms with Crippen molar-refractivity contribution in [2.24, 2.45) is 5.92 Å². The maximum Gasteiger partial charge on any atom is 0.326 e. The van der Waals surface area contributed by atoms with Crippen molar-refractivity contribution in [3.63, 3.8) is 0 Å². The van der Waals surface area contributed by atoms with Gasteiger partial charge in [0.15, 0.2) is 0 Å². The molecule has 0 fully saturated rings. The van der Waals surface area contributed by atoms with Crippen molar-refractivity contribution < 1.29 is 9.90 Å². The Bertz CT molecular complexity index is 407. The number of pyridine rings is 1. The number of aromatic nitrogens is 1. The molecule has 0 aliphatic heterocycles. The quantitative estimate of drug-likeness (QED) is 0.850. The Balaban J connectivity index is 2.86. The monoisotopic (exact) mass is 256 g/mol. The number of carboxylic acids is 1. The highest BCUT2D eigenvalue weighted by Gasteiger charge is 2.19. The molecule has 4 nitrogen and oxygen atoms in total. The van der Waals surface area contributed by atoms with E-state index < -0.39 is 12.0 Å². The number of nitrogens with one attached hydrogen (secondary N) is 1. The van der Waals surface area contributed by atoms with Crippen LogP contribution in [0.15, 0.2) is 12.3 Å². The van der Waals surface area contributed by atoms with Crippen molar-refractivity contribution >= 4 is 23.3 Å². The summed E-state index contributed by atoms with van der Waals surface area (Å²) in [6, 6.07) is 1.06. The average Bonchev–Trinajstić information content (AvgIpc) is 2.22. The molecule has 0 aliphatic rings. The van der Waals surface area contributed by atoms with Crippen molar-refractivity contribution in [1.29, 1.82) is 0 Å². The number of halogens is 1. The fourth-order valence-electron chi connectivity index (χ4n) is 1.54. The molecule has 94 valence electrons. The summed E-state index contributed by atoms with van der Waals surface area (Å²) in [5.74, 6) is -0.574. The molecule has 2 N–H and O–H groups in total. The summed E-state index contributed by atoms with van der Waals surface area (Å²) in [6.45, 7) is 5.75. The molecular weight excluding hydrogens is 240 g/mol. The van der Waals surface area contributed by atoms with Crippen LogP contribution in [0, 0.1) is 12.8 Å². The fourth-order valence-corrected chi connectivity index (χ4v) is 1.71. The number of carbonyl (C=O) groups is 1. The molecule has 0 radical (unpaired) electrons. The second-order valence-electron chi connectivity index (χ2n) is 4.42. The molecule has 1 aromatic rings. The topological polar surface area (TPSA) is 62.2 Å². The molecule has 1 heterocycles. The number of rotatable bonds is 5. The van der Waals surface area contributed by atoms with E-state index >= 15 is 0 Å². The summed E-state index contributed by atoms with van der Waals surface area (Å²) in [7, 11) is 0. The number of carboxylic acid groups (broad SMARTS) is 1. The Hall–Kier alpha value is -1.29. The van der Waals surface area contributed by atoms with E-state index in [0.29, 0.717) is 28.7 Å². The van der Waals surface area contributed by atoms with Gasteiger partial charge in [-0.3, -0.25) is 4.98 Å². The number of aliphatic carboxylic acids is 1. The van der Waals surface area contributed by atoms with Crippen LogP contribution in [-0.2, 0) is 4.79 Å². The lowest BCUT2D eigenvalue weighted by Crippen LogP contribution is -2.30. The van der Waals surface area contributed by atoms with Crippen LogP contribution in [0.3, 0.4) is 0 Å². The SMILES string of the molecule is Cc1nccc(N[C@H](CC(C)C)C(=O)O)c1Cl. The molecule has 0 bridgehead atoms. The summed E-state index contributed by atoms with van der Waals surface area (Å²) in [4.78, 5) is 15.1. The summed E-state index contributed by atoms with van der Waals surface area (Å²) in [6.07, 6.45) is 2.16. The van der Waals surface area contributed by atoms with Crippen LogP contribution in [0.4, 0.5) is 5.69 Å². The van der Waals surface area contributed by atoms with E-state index in [-0.39, 0.29) is 0 Å². The molecule has 0 unspecified atom stereocenters. The zero-order valence-corrected chi connectivity index (χ0v) is 11.0. The predicted octanol–water partition coefficient (Wildman–Crippen LogP) is 2.95. The normalized spacial score (nSPS) is 12.5. The summed E-state index contributed by atoms with van der Waals surface area (Å²) < 4.78 is 0. The van der Waals surface area contributed by atoms with E-state index in [9.17, 15) is 4.79 Å². The van der Waals surface area contributed by atoms with E-state index in [0.717, 1.165) is 0 Å². The largest absolute Gasteiger partial charge is 0.480 e. The van der Waals surface area contributed by atoms with E-state index in [4.69, 9.17) is 16.7 Å². The van der Waals surface area contributed by atoms with Gasteiger partial charge >= 0.3 is 5.97 Å². The van der Waals surface area contributed by atoms with Crippen LogP contribution in [0.1, 0.15) is 26.0 Å². The molecule has 0 aromatic carbocycles. The van der Waals surface area contributed by atoms with Gasteiger partial charge < -0.3 is 10.4 Å². The van der Waals surface area contributed by atoms with E-state index in [2.05, 4.69) is 10.3 Å². The molecule has 1 aromatic heterocycles. The Kier molecular flexibility index (Phi) is 4.75. The van der Waals surface area contributed by atoms with Gasteiger partial charge in [0.05, 0.1) is 16.4 Å². The number of aryl methyl sites for hydroxylation is 1. The maximum absolute atomic E-state index is 11.1. The third-order valence-electron chi connectivity index (χ3n) is 2.40. The van der Waals surface area contributed by atoms with Crippen LogP contribution in [0.2, 0.25) is 5.02 Å².